The first-order chi connectivity index (χ1) is 10.3. The number of halogens is 1. The molecule has 21 heavy (non-hydrogen) atoms. The van der Waals surface area contributed by atoms with Crippen LogP contribution in [0.1, 0.15) is 18.4 Å². The minimum absolute atomic E-state index is 0.224. The Bertz CT molecular complexity index is 511. The van der Waals surface area contributed by atoms with E-state index in [1.165, 1.54) is 5.56 Å². The number of hydrogen-bond acceptors (Lipinski definition) is 2. The highest BCUT2D eigenvalue weighted by Gasteiger charge is 2.08. The predicted molar refractivity (Wildman–Crippen MR) is 89.6 cm³/mol. The molecule has 0 heterocycles. The fraction of sp³-hybridized carbons (Fsp3) is 0.333. The zero-order chi connectivity index (χ0) is 14.9. The SMILES string of the molecule is OCC(CCCOc1ccccc1)Cc1ccc(Br)cc1. The molecule has 0 bridgehead atoms. The van der Waals surface area contributed by atoms with Gasteiger partial charge in [-0.15, -0.1) is 0 Å². The standard InChI is InChI=1S/C18H21BrO2/c19-17-10-8-15(9-11-17)13-16(14-20)5-4-12-21-18-6-2-1-3-7-18/h1-3,6-11,16,20H,4-5,12-14H2. The van der Waals surface area contributed by atoms with Gasteiger partial charge in [0.05, 0.1) is 6.61 Å². The van der Waals surface area contributed by atoms with Gasteiger partial charge in [0.2, 0.25) is 0 Å². The molecule has 0 aliphatic carbocycles. The Labute approximate surface area is 134 Å². The fourth-order valence-corrected chi connectivity index (χ4v) is 2.55. The van der Waals surface area contributed by atoms with Crippen molar-refractivity contribution in [3.63, 3.8) is 0 Å². The first-order valence-corrected chi connectivity index (χ1v) is 8.10. The number of rotatable bonds is 8. The third-order valence-corrected chi connectivity index (χ3v) is 3.99. The Morgan fingerprint density at radius 3 is 2.38 bits per heavy atom. The van der Waals surface area contributed by atoms with Gasteiger partial charge in [-0.1, -0.05) is 46.3 Å². The summed E-state index contributed by atoms with van der Waals surface area (Å²) in [6, 6.07) is 18.1. The maximum Gasteiger partial charge on any atom is 0.119 e. The smallest absolute Gasteiger partial charge is 0.119 e. The van der Waals surface area contributed by atoms with Gasteiger partial charge in [0.15, 0.2) is 0 Å². The molecular weight excluding hydrogens is 328 g/mol. The Morgan fingerprint density at radius 2 is 1.71 bits per heavy atom. The molecule has 3 heteroatoms. The molecule has 1 atom stereocenters. The van der Waals surface area contributed by atoms with E-state index in [1.54, 1.807) is 0 Å². The van der Waals surface area contributed by atoms with E-state index in [0.29, 0.717) is 12.5 Å². The molecule has 0 saturated heterocycles. The van der Waals surface area contributed by atoms with E-state index >= 15 is 0 Å². The average molecular weight is 349 g/mol. The Balaban J connectivity index is 1.71. The largest absolute Gasteiger partial charge is 0.494 e. The molecule has 0 aliphatic rings. The van der Waals surface area contributed by atoms with Crippen molar-refractivity contribution < 1.29 is 9.84 Å². The number of aliphatic hydroxyl groups excluding tert-OH is 1. The molecule has 2 aromatic rings. The lowest BCUT2D eigenvalue weighted by molar-refractivity contribution is 0.205. The molecule has 0 aromatic heterocycles. The van der Waals surface area contributed by atoms with E-state index in [0.717, 1.165) is 29.5 Å². The number of benzene rings is 2. The molecule has 0 radical (unpaired) electrons. The first-order valence-electron chi connectivity index (χ1n) is 7.31. The summed E-state index contributed by atoms with van der Waals surface area (Å²) < 4.78 is 6.77. The summed E-state index contributed by atoms with van der Waals surface area (Å²) in [5, 5.41) is 9.51. The van der Waals surface area contributed by atoms with Crippen molar-refractivity contribution in [1.29, 1.82) is 0 Å². The molecule has 0 saturated carbocycles. The Hall–Kier alpha value is -1.32. The number of ether oxygens (including phenoxy) is 1. The van der Waals surface area contributed by atoms with Crippen LogP contribution in [0, 0.1) is 5.92 Å². The summed E-state index contributed by atoms with van der Waals surface area (Å²) >= 11 is 3.44. The minimum Gasteiger partial charge on any atom is -0.494 e. The number of aliphatic hydroxyl groups is 1. The molecule has 2 nitrogen and oxygen atoms in total. The lowest BCUT2D eigenvalue weighted by Gasteiger charge is -2.14. The normalized spacial score (nSPS) is 12.1. The van der Waals surface area contributed by atoms with Gasteiger partial charge in [-0.2, -0.15) is 0 Å². The zero-order valence-electron chi connectivity index (χ0n) is 12.0. The molecule has 1 unspecified atom stereocenters. The van der Waals surface area contributed by atoms with Crippen LogP contribution in [-0.4, -0.2) is 18.3 Å². The molecular formula is C18H21BrO2. The van der Waals surface area contributed by atoms with Crippen molar-refractivity contribution in [2.45, 2.75) is 19.3 Å². The highest BCUT2D eigenvalue weighted by molar-refractivity contribution is 9.10. The van der Waals surface area contributed by atoms with E-state index in [2.05, 4.69) is 28.1 Å². The topological polar surface area (TPSA) is 29.5 Å². The minimum atomic E-state index is 0.224. The van der Waals surface area contributed by atoms with Crippen LogP contribution >= 0.6 is 15.9 Å². The van der Waals surface area contributed by atoms with Crippen LogP contribution in [0.5, 0.6) is 5.75 Å². The summed E-state index contributed by atoms with van der Waals surface area (Å²) in [7, 11) is 0. The van der Waals surface area contributed by atoms with E-state index in [1.807, 2.05) is 42.5 Å². The van der Waals surface area contributed by atoms with Gasteiger partial charge in [-0.05, 0) is 55.0 Å². The quantitative estimate of drug-likeness (QED) is 0.713. The zero-order valence-corrected chi connectivity index (χ0v) is 13.6. The maximum absolute atomic E-state index is 9.51. The molecule has 112 valence electrons. The van der Waals surface area contributed by atoms with Crippen LogP contribution in [-0.2, 0) is 6.42 Å². The lowest BCUT2D eigenvalue weighted by Crippen LogP contribution is -2.11. The first kappa shape index (κ1) is 16.1. The lowest BCUT2D eigenvalue weighted by atomic mass is 9.96. The number of hydrogen-bond donors (Lipinski definition) is 1. The van der Waals surface area contributed by atoms with Gasteiger partial charge in [0.1, 0.15) is 5.75 Å². The molecule has 0 fully saturated rings. The second-order valence-electron chi connectivity index (χ2n) is 5.18. The monoisotopic (exact) mass is 348 g/mol. The maximum atomic E-state index is 9.51. The Kier molecular flexibility index (Phi) is 6.77. The molecule has 0 amide bonds. The Morgan fingerprint density at radius 1 is 1.00 bits per heavy atom. The van der Waals surface area contributed by atoms with Gasteiger partial charge in [-0.25, -0.2) is 0 Å². The molecule has 0 aliphatic heterocycles. The van der Waals surface area contributed by atoms with Gasteiger partial charge >= 0.3 is 0 Å². The highest BCUT2D eigenvalue weighted by Crippen LogP contribution is 2.17. The van der Waals surface area contributed by atoms with Crippen LogP contribution < -0.4 is 4.74 Å². The van der Waals surface area contributed by atoms with Crippen molar-refractivity contribution >= 4 is 15.9 Å². The van der Waals surface area contributed by atoms with Crippen molar-refractivity contribution in [3.05, 3.63) is 64.6 Å². The molecule has 2 aromatic carbocycles. The summed E-state index contributed by atoms with van der Waals surface area (Å²) in [5.74, 6) is 1.21. The summed E-state index contributed by atoms with van der Waals surface area (Å²) in [6.45, 7) is 0.919. The molecule has 0 spiro atoms. The molecule has 1 N–H and O–H groups in total. The second-order valence-corrected chi connectivity index (χ2v) is 6.10. The summed E-state index contributed by atoms with van der Waals surface area (Å²) in [4.78, 5) is 0. The fourth-order valence-electron chi connectivity index (χ4n) is 2.29. The van der Waals surface area contributed by atoms with E-state index < -0.39 is 0 Å². The van der Waals surface area contributed by atoms with Gasteiger partial charge in [-0.3, -0.25) is 0 Å². The van der Waals surface area contributed by atoms with Gasteiger partial charge in [0, 0.05) is 11.1 Å². The van der Waals surface area contributed by atoms with E-state index in [9.17, 15) is 5.11 Å². The van der Waals surface area contributed by atoms with Crippen LogP contribution in [0.3, 0.4) is 0 Å². The van der Waals surface area contributed by atoms with Crippen LogP contribution in [0.15, 0.2) is 59.1 Å². The van der Waals surface area contributed by atoms with Gasteiger partial charge < -0.3 is 9.84 Å². The number of para-hydroxylation sites is 1. The highest BCUT2D eigenvalue weighted by atomic mass is 79.9. The second kappa shape index (κ2) is 8.85. The van der Waals surface area contributed by atoms with Crippen molar-refractivity contribution in [2.75, 3.05) is 13.2 Å². The average Bonchev–Trinajstić information content (AvgIpc) is 2.53. The van der Waals surface area contributed by atoms with E-state index in [-0.39, 0.29) is 6.61 Å². The van der Waals surface area contributed by atoms with Crippen LogP contribution in [0.25, 0.3) is 0 Å². The van der Waals surface area contributed by atoms with Crippen LogP contribution in [0.2, 0.25) is 0 Å². The third-order valence-electron chi connectivity index (χ3n) is 3.46. The predicted octanol–water partition coefficient (Wildman–Crippen LogP) is 4.46. The third kappa shape index (κ3) is 5.90. The van der Waals surface area contributed by atoms with Gasteiger partial charge in [0.25, 0.3) is 0 Å². The van der Waals surface area contributed by atoms with Crippen LogP contribution in [0.4, 0.5) is 0 Å². The van der Waals surface area contributed by atoms with E-state index in [4.69, 9.17) is 4.74 Å². The summed E-state index contributed by atoms with van der Waals surface area (Å²) in [6.07, 6.45) is 2.84. The molecule has 2 rings (SSSR count). The summed E-state index contributed by atoms with van der Waals surface area (Å²) in [5.41, 5.74) is 1.27. The van der Waals surface area contributed by atoms with Crippen molar-refractivity contribution in [3.8, 4) is 5.75 Å². The van der Waals surface area contributed by atoms with Crippen molar-refractivity contribution in [1.82, 2.24) is 0 Å². The van der Waals surface area contributed by atoms with Crippen molar-refractivity contribution in [2.24, 2.45) is 5.92 Å².